The van der Waals surface area contributed by atoms with Crippen LogP contribution in [0.1, 0.15) is 10.6 Å². The summed E-state index contributed by atoms with van der Waals surface area (Å²) < 4.78 is 6.54. The van der Waals surface area contributed by atoms with E-state index in [-0.39, 0.29) is 0 Å². The summed E-state index contributed by atoms with van der Waals surface area (Å²) in [5.41, 5.74) is 2.97. The third kappa shape index (κ3) is 2.80. The lowest BCUT2D eigenvalue weighted by Gasteiger charge is -2.06. The van der Waals surface area contributed by atoms with Gasteiger partial charge in [-0.25, -0.2) is 4.98 Å². The van der Waals surface area contributed by atoms with Gasteiger partial charge in [0.05, 0.1) is 22.3 Å². The van der Waals surface area contributed by atoms with E-state index in [4.69, 9.17) is 4.74 Å². The number of ether oxygens (including phenoxy) is 1. The quantitative estimate of drug-likeness (QED) is 0.869. The molecule has 0 aliphatic rings. The van der Waals surface area contributed by atoms with E-state index in [0.717, 1.165) is 22.3 Å². The van der Waals surface area contributed by atoms with Gasteiger partial charge in [0.1, 0.15) is 5.75 Å². The predicted molar refractivity (Wildman–Crippen MR) is 68.0 cm³/mol. The van der Waals surface area contributed by atoms with E-state index in [9.17, 15) is 0 Å². The van der Waals surface area contributed by atoms with Gasteiger partial charge in [-0.15, -0.1) is 11.3 Å². The molecule has 3 nitrogen and oxygen atoms in total. The molecular weight excluding hydrogens is 288 g/mol. The Kier molecular flexibility index (Phi) is 3.90. The number of aromatic nitrogens is 2. The molecule has 16 heavy (non-hydrogen) atoms. The molecule has 0 aromatic carbocycles. The van der Waals surface area contributed by atoms with Crippen molar-refractivity contribution in [1.29, 1.82) is 0 Å². The van der Waals surface area contributed by atoms with Crippen molar-refractivity contribution >= 4 is 27.3 Å². The number of hydrogen-bond donors (Lipinski definition) is 0. The Morgan fingerprint density at radius 2 is 2.38 bits per heavy atom. The van der Waals surface area contributed by atoms with Crippen LogP contribution in [-0.2, 0) is 6.42 Å². The van der Waals surface area contributed by atoms with E-state index < -0.39 is 0 Å². The van der Waals surface area contributed by atoms with Crippen LogP contribution in [0.5, 0.6) is 5.75 Å². The standard InChI is InChI=1S/C11H11BrN2OS/c1-8-11(16-7-14-8)3-5-15-10-2-4-13-6-9(10)12/h2,4,6-7H,3,5H2,1H3. The molecule has 2 rings (SSSR count). The normalized spacial score (nSPS) is 10.4. The summed E-state index contributed by atoms with van der Waals surface area (Å²) in [7, 11) is 0. The van der Waals surface area contributed by atoms with E-state index in [1.165, 1.54) is 4.88 Å². The van der Waals surface area contributed by atoms with Crippen LogP contribution >= 0.6 is 27.3 Å². The molecule has 0 unspecified atom stereocenters. The van der Waals surface area contributed by atoms with Gasteiger partial charge in [-0.05, 0) is 28.9 Å². The van der Waals surface area contributed by atoms with Crippen LogP contribution in [0.2, 0.25) is 0 Å². The Morgan fingerprint density at radius 3 is 3.06 bits per heavy atom. The number of rotatable bonds is 4. The summed E-state index contributed by atoms with van der Waals surface area (Å²) in [5.74, 6) is 0.831. The molecular formula is C11H11BrN2OS. The van der Waals surface area contributed by atoms with Crippen molar-refractivity contribution in [2.24, 2.45) is 0 Å². The first-order chi connectivity index (χ1) is 7.77. The van der Waals surface area contributed by atoms with E-state index in [1.54, 1.807) is 23.7 Å². The van der Waals surface area contributed by atoms with Crippen LogP contribution in [0.3, 0.4) is 0 Å². The zero-order chi connectivity index (χ0) is 11.4. The van der Waals surface area contributed by atoms with Crippen molar-refractivity contribution in [3.63, 3.8) is 0 Å². The van der Waals surface area contributed by atoms with Crippen LogP contribution < -0.4 is 4.74 Å². The Morgan fingerprint density at radius 1 is 1.50 bits per heavy atom. The van der Waals surface area contributed by atoms with Gasteiger partial charge in [0, 0.05) is 23.7 Å². The average Bonchev–Trinajstić information content (AvgIpc) is 2.67. The lowest BCUT2D eigenvalue weighted by molar-refractivity contribution is 0.320. The Balaban J connectivity index is 1.89. The fourth-order valence-electron chi connectivity index (χ4n) is 1.30. The van der Waals surface area contributed by atoms with Crippen LogP contribution in [0.15, 0.2) is 28.4 Å². The number of nitrogens with zero attached hydrogens (tertiary/aromatic N) is 2. The molecule has 0 aliphatic carbocycles. The lowest BCUT2D eigenvalue weighted by Crippen LogP contribution is -2.01. The summed E-state index contributed by atoms with van der Waals surface area (Å²) in [6.07, 6.45) is 4.34. The third-order valence-corrected chi connectivity index (χ3v) is 3.76. The number of thiazole rings is 1. The Hall–Kier alpha value is -0.940. The molecule has 0 amide bonds. The molecule has 0 bridgehead atoms. The first-order valence-electron chi connectivity index (χ1n) is 4.88. The smallest absolute Gasteiger partial charge is 0.136 e. The highest BCUT2D eigenvalue weighted by molar-refractivity contribution is 9.10. The van der Waals surface area contributed by atoms with Crippen molar-refractivity contribution < 1.29 is 4.74 Å². The number of pyridine rings is 1. The minimum absolute atomic E-state index is 0.658. The second kappa shape index (κ2) is 5.41. The second-order valence-corrected chi connectivity index (χ2v) is 5.06. The van der Waals surface area contributed by atoms with Gasteiger partial charge in [-0.2, -0.15) is 0 Å². The van der Waals surface area contributed by atoms with Crippen LogP contribution in [-0.4, -0.2) is 16.6 Å². The molecule has 0 aliphatic heterocycles. The Bertz CT molecular complexity index is 473. The van der Waals surface area contributed by atoms with Crippen molar-refractivity contribution in [3.8, 4) is 5.75 Å². The maximum atomic E-state index is 5.66. The highest BCUT2D eigenvalue weighted by atomic mass is 79.9. The summed E-state index contributed by atoms with van der Waals surface area (Å²) in [5, 5.41) is 0. The maximum Gasteiger partial charge on any atom is 0.136 e. The van der Waals surface area contributed by atoms with E-state index in [2.05, 4.69) is 25.9 Å². The zero-order valence-corrected chi connectivity index (χ0v) is 11.2. The zero-order valence-electron chi connectivity index (χ0n) is 8.81. The molecule has 84 valence electrons. The van der Waals surface area contributed by atoms with Crippen molar-refractivity contribution in [3.05, 3.63) is 39.0 Å². The lowest BCUT2D eigenvalue weighted by atomic mass is 10.3. The fourth-order valence-corrected chi connectivity index (χ4v) is 2.43. The summed E-state index contributed by atoms with van der Waals surface area (Å²) in [6, 6.07) is 1.85. The molecule has 0 saturated carbocycles. The topological polar surface area (TPSA) is 35.0 Å². The summed E-state index contributed by atoms with van der Waals surface area (Å²) in [6.45, 7) is 2.68. The monoisotopic (exact) mass is 298 g/mol. The average molecular weight is 299 g/mol. The molecule has 5 heteroatoms. The summed E-state index contributed by atoms with van der Waals surface area (Å²) >= 11 is 5.07. The highest BCUT2D eigenvalue weighted by Gasteiger charge is 2.03. The highest BCUT2D eigenvalue weighted by Crippen LogP contribution is 2.23. The molecule has 0 spiro atoms. The van der Waals surface area contributed by atoms with Gasteiger partial charge in [0.2, 0.25) is 0 Å². The second-order valence-electron chi connectivity index (χ2n) is 3.27. The molecule has 0 N–H and O–H groups in total. The first-order valence-corrected chi connectivity index (χ1v) is 6.56. The van der Waals surface area contributed by atoms with Gasteiger partial charge in [-0.3, -0.25) is 4.98 Å². The summed E-state index contributed by atoms with van der Waals surface area (Å²) in [4.78, 5) is 9.47. The number of aryl methyl sites for hydroxylation is 1. The largest absolute Gasteiger partial charge is 0.492 e. The van der Waals surface area contributed by atoms with Gasteiger partial charge in [0.25, 0.3) is 0 Å². The molecule has 2 aromatic rings. The van der Waals surface area contributed by atoms with E-state index in [0.29, 0.717) is 6.61 Å². The molecule has 0 radical (unpaired) electrons. The molecule has 2 aromatic heterocycles. The van der Waals surface area contributed by atoms with Gasteiger partial charge < -0.3 is 4.74 Å². The van der Waals surface area contributed by atoms with Crippen LogP contribution in [0.25, 0.3) is 0 Å². The van der Waals surface area contributed by atoms with Crippen LogP contribution in [0.4, 0.5) is 0 Å². The van der Waals surface area contributed by atoms with Crippen molar-refractivity contribution in [2.75, 3.05) is 6.61 Å². The predicted octanol–water partition coefficient (Wildman–Crippen LogP) is 3.23. The van der Waals surface area contributed by atoms with E-state index in [1.807, 2.05) is 18.5 Å². The SMILES string of the molecule is Cc1ncsc1CCOc1ccncc1Br. The minimum Gasteiger partial charge on any atom is -0.492 e. The molecule has 0 fully saturated rings. The number of halogens is 1. The Labute approximate surface area is 107 Å². The third-order valence-electron chi connectivity index (χ3n) is 2.17. The van der Waals surface area contributed by atoms with E-state index >= 15 is 0 Å². The molecule has 0 saturated heterocycles. The first kappa shape index (κ1) is 11.5. The van der Waals surface area contributed by atoms with Gasteiger partial charge >= 0.3 is 0 Å². The number of hydrogen-bond acceptors (Lipinski definition) is 4. The molecule has 0 atom stereocenters. The molecule has 2 heterocycles. The fraction of sp³-hybridized carbons (Fsp3) is 0.273. The van der Waals surface area contributed by atoms with Crippen molar-refractivity contribution in [2.45, 2.75) is 13.3 Å². The van der Waals surface area contributed by atoms with Gasteiger partial charge in [-0.1, -0.05) is 0 Å². The van der Waals surface area contributed by atoms with Crippen LogP contribution in [0, 0.1) is 6.92 Å². The van der Waals surface area contributed by atoms with Crippen molar-refractivity contribution in [1.82, 2.24) is 9.97 Å². The minimum atomic E-state index is 0.658. The van der Waals surface area contributed by atoms with Gasteiger partial charge in [0.15, 0.2) is 0 Å². The maximum absolute atomic E-state index is 5.66.